The molecule has 0 unspecified atom stereocenters. The van der Waals surface area contributed by atoms with Crippen molar-refractivity contribution in [1.29, 1.82) is 0 Å². The maximum Gasteiger partial charge on any atom is 0.164 e. The second-order valence-corrected chi connectivity index (χ2v) is 5.90. The number of aromatic nitrogens is 1. The van der Waals surface area contributed by atoms with Gasteiger partial charge in [-0.05, 0) is 56.2 Å². The summed E-state index contributed by atoms with van der Waals surface area (Å²) >= 11 is 0. The van der Waals surface area contributed by atoms with Gasteiger partial charge in [-0.2, -0.15) is 0 Å². The Labute approximate surface area is 119 Å². The number of carbonyl (C=O) groups is 1. The molecule has 4 rings (SSSR count). The highest BCUT2D eigenvalue weighted by Crippen LogP contribution is 2.36. The lowest BCUT2D eigenvalue weighted by Crippen LogP contribution is -2.13. The summed E-state index contributed by atoms with van der Waals surface area (Å²) in [6, 6.07) is 10.5. The van der Waals surface area contributed by atoms with Crippen LogP contribution in [0.15, 0.2) is 30.3 Å². The molecule has 1 aromatic heterocycles. The SMILES string of the molecule is O=C1CCCc2c1c1c(n2-c2ccccc2)CCCC1. The Morgan fingerprint density at radius 1 is 0.800 bits per heavy atom. The largest absolute Gasteiger partial charge is 0.317 e. The first-order valence-electron chi connectivity index (χ1n) is 7.70. The zero-order chi connectivity index (χ0) is 13.5. The third-order valence-corrected chi connectivity index (χ3v) is 4.68. The van der Waals surface area contributed by atoms with Crippen molar-refractivity contribution in [3.63, 3.8) is 0 Å². The van der Waals surface area contributed by atoms with Crippen LogP contribution in [0, 0.1) is 0 Å². The number of hydrogen-bond acceptors (Lipinski definition) is 1. The molecule has 0 atom stereocenters. The summed E-state index contributed by atoms with van der Waals surface area (Å²) in [5, 5.41) is 0. The van der Waals surface area contributed by atoms with Gasteiger partial charge in [-0.3, -0.25) is 4.79 Å². The summed E-state index contributed by atoms with van der Waals surface area (Å²) in [4.78, 5) is 12.4. The molecule has 0 amide bonds. The Kier molecular flexibility index (Phi) is 2.76. The minimum Gasteiger partial charge on any atom is -0.317 e. The van der Waals surface area contributed by atoms with Gasteiger partial charge in [-0.25, -0.2) is 0 Å². The van der Waals surface area contributed by atoms with E-state index in [-0.39, 0.29) is 0 Å². The van der Waals surface area contributed by atoms with Gasteiger partial charge in [-0.15, -0.1) is 0 Å². The lowest BCUT2D eigenvalue weighted by Gasteiger charge is -2.17. The van der Waals surface area contributed by atoms with Crippen molar-refractivity contribution in [2.24, 2.45) is 0 Å². The van der Waals surface area contributed by atoms with Crippen LogP contribution in [0.2, 0.25) is 0 Å². The van der Waals surface area contributed by atoms with Crippen molar-refractivity contribution < 1.29 is 4.79 Å². The zero-order valence-corrected chi connectivity index (χ0v) is 11.7. The third-order valence-electron chi connectivity index (χ3n) is 4.68. The molecule has 0 bridgehead atoms. The molecule has 2 heteroatoms. The van der Waals surface area contributed by atoms with Crippen LogP contribution in [-0.2, 0) is 19.3 Å². The number of ketones is 1. The molecule has 0 aliphatic heterocycles. The van der Waals surface area contributed by atoms with E-state index in [0.717, 1.165) is 37.7 Å². The van der Waals surface area contributed by atoms with Gasteiger partial charge >= 0.3 is 0 Å². The molecule has 0 N–H and O–H groups in total. The van der Waals surface area contributed by atoms with E-state index in [1.807, 2.05) is 0 Å². The average molecular weight is 265 g/mol. The van der Waals surface area contributed by atoms with Crippen LogP contribution in [0.1, 0.15) is 53.0 Å². The highest BCUT2D eigenvalue weighted by Gasteiger charge is 2.30. The summed E-state index contributed by atoms with van der Waals surface area (Å²) in [5.41, 5.74) is 6.35. The number of nitrogens with zero attached hydrogens (tertiary/aromatic N) is 1. The quantitative estimate of drug-likeness (QED) is 0.767. The Bertz CT molecular complexity index is 666. The molecule has 2 aromatic rings. The normalized spacial score (nSPS) is 17.7. The highest BCUT2D eigenvalue weighted by atomic mass is 16.1. The van der Waals surface area contributed by atoms with E-state index in [1.165, 1.54) is 35.5 Å². The number of para-hydroxylation sites is 1. The predicted octanol–water partition coefficient (Wildman–Crippen LogP) is 3.88. The topological polar surface area (TPSA) is 22.0 Å². The first-order valence-corrected chi connectivity index (χ1v) is 7.70. The number of benzene rings is 1. The minimum absolute atomic E-state index is 0.374. The van der Waals surface area contributed by atoms with Gasteiger partial charge in [0.15, 0.2) is 5.78 Å². The lowest BCUT2D eigenvalue weighted by molar-refractivity contribution is 0.0971. The van der Waals surface area contributed by atoms with Crippen LogP contribution >= 0.6 is 0 Å². The third kappa shape index (κ3) is 1.67. The second kappa shape index (κ2) is 4.62. The van der Waals surface area contributed by atoms with Crippen LogP contribution in [0.5, 0.6) is 0 Å². The van der Waals surface area contributed by atoms with Crippen LogP contribution in [-0.4, -0.2) is 10.4 Å². The summed E-state index contributed by atoms with van der Waals surface area (Å²) in [5.74, 6) is 0.374. The smallest absolute Gasteiger partial charge is 0.164 e. The van der Waals surface area contributed by atoms with Crippen LogP contribution in [0.4, 0.5) is 0 Å². The van der Waals surface area contributed by atoms with Crippen molar-refractivity contribution >= 4 is 5.78 Å². The van der Waals surface area contributed by atoms with E-state index in [1.54, 1.807) is 0 Å². The second-order valence-electron chi connectivity index (χ2n) is 5.90. The maximum absolute atomic E-state index is 12.4. The van der Waals surface area contributed by atoms with Gasteiger partial charge in [-0.1, -0.05) is 18.2 Å². The Morgan fingerprint density at radius 3 is 2.40 bits per heavy atom. The fourth-order valence-corrected chi connectivity index (χ4v) is 3.85. The van der Waals surface area contributed by atoms with Gasteiger partial charge in [0.05, 0.1) is 0 Å². The minimum atomic E-state index is 0.374. The molecule has 2 aliphatic rings. The molecule has 0 saturated carbocycles. The Hall–Kier alpha value is -1.83. The molecule has 102 valence electrons. The highest BCUT2D eigenvalue weighted by molar-refractivity contribution is 6.00. The predicted molar refractivity (Wildman–Crippen MR) is 79.7 cm³/mol. The first-order chi connectivity index (χ1) is 9.86. The number of hydrogen-bond donors (Lipinski definition) is 0. The number of fused-ring (bicyclic) bond motifs is 3. The number of rotatable bonds is 1. The molecule has 20 heavy (non-hydrogen) atoms. The van der Waals surface area contributed by atoms with E-state index >= 15 is 0 Å². The summed E-state index contributed by atoms with van der Waals surface area (Å²) < 4.78 is 2.39. The monoisotopic (exact) mass is 265 g/mol. The van der Waals surface area contributed by atoms with Gasteiger partial charge in [0.1, 0.15) is 0 Å². The van der Waals surface area contributed by atoms with Gasteiger partial charge in [0.25, 0.3) is 0 Å². The maximum atomic E-state index is 12.4. The van der Waals surface area contributed by atoms with Crippen LogP contribution < -0.4 is 0 Å². The van der Waals surface area contributed by atoms with Crippen molar-refractivity contribution in [2.75, 3.05) is 0 Å². The van der Waals surface area contributed by atoms with Gasteiger partial charge in [0.2, 0.25) is 0 Å². The van der Waals surface area contributed by atoms with E-state index in [0.29, 0.717) is 5.78 Å². The van der Waals surface area contributed by atoms with Crippen LogP contribution in [0.3, 0.4) is 0 Å². The van der Waals surface area contributed by atoms with Crippen molar-refractivity contribution in [2.45, 2.75) is 44.9 Å². The molecule has 0 spiro atoms. The fraction of sp³-hybridized carbons (Fsp3) is 0.389. The van der Waals surface area contributed by atoms with Crippen LogP contribution in [0.25, 0.3) is 5.69 Å². The zero-order valence-electron chi connectivity index (χ0n) is 11.7. The summed E-state index contributed by atoms with van der Waals surface area (Å²) in [6.45, 7) is 0. The molecule has 1 heterocycles. The van der Waals surface area contributed by atoms with E-state index < -0.39 is 0 Å². The summed E-state index contributed by atoms with van der Waals surface area (Å²) in [6.07, 6.45) is 7.46. The first kappa shape index (κ1) is 12.0. The molecule has 2 aliphatic carbocycles. The standard InChI is InChI=1S/C18H19NO/c20-17-12-6-11-16-18(17)14-9-4-5-10-15(14)19(16)13-7-2-1-3-8-13/h1-3,7-8H,4-6,9-12H2. The molecule has 0 fully saturated rings. The number of carbonyl (C=O) groups excluding carboxylic acids is 1. The molecular weight excluding hydrogens is 246 g/mol. The van der Waals surface area contributed by atoms with E-state index in [2.05, 4.69) is 34.9 Å². The van der Waals surface area contributed by atoms with Crippen molar-refractivity contribution in [3.05, 3.63) is 52.8 Å². The lowest BCUT2D eigenvalue weighted by atomic mass is 9.88. The molecule has 1 aromatic carbocycles. The average Bonchev–Trinajstić information content (AvgIpc) is 2.84. The molecule has 0 radical (unpaired) electrons. The van der Waals surface area contributed by atoms with Crippen molar-refractivity contribution in [1.82, 2.24) is 4.57 Å². The summed E-state index contributed by atoms with van der Waals surface area (Å²) in [7, 11) is 0. The molecule has 2 nitrogen and oxygen atoms in total. The Balaban J connectivity index is 2.01. The van der Waals surface area contributed by atoms with Gasteiger partial charge < -0.3 is 4.57 Å². The van der Waals surface area contributed by atoms with Crippen molar-refractivity contribution in [3.8, 4) is 5.69 Å². The van der Waals surface area contributed by atoms with E-state index in [9.17, 15) is 4.79 Å². The number of Topliss-reactive ketones (excluding diaryl/α,β-unsaturated/α-hetero) is 1. The molecular formula is C18H19NO. The van der Waals surface area contributed by atoms with E-state index in [4.69, 9.17) is 0 Å². The van der Waals surface area contributed by atoms with Gasteiger partial charge in [0, 0.05) is 29.1 Å². The Morgan fingerprint density at radius 2 is 1.55 bits per heavy atom. The fourth-order valence-electron chi connectivity index (χ4n) is 3.85. The molecule has 0 saturated heterocycles.